The van der Waals surface area contributed by atoms with Gasteiger partial charge in [-0.2, -0.15) is 0 Å². The third kappa shape index (κ3) is 3.96. The Hall–Kier alpha value is -0.610. The number of methoxy groups -OCH3 is 1. The highest BCUT2D eigenvalue weighted by Crippen LogP contribution is 2.21. The van der Waals surface area contributed by atoms with Crippen LogP contribution < -0.4 is 5.73 Å². The van der Waals surface area contributed by atoms with E-state index in [2.05, 4.69) is 6.92 Å². The lowest BCUT2D eigenvalue weighted by Gasteiger charge is -2.37. The SMILES string of the molecule is COC1CN(C(=O)C(C)CCCN)CCC1C. The largest absolute Gasteiger partial charge is 0.379 e. The van der Waals surface area contributed by atoms with Crippen LogP contribution in [-0.2, 0) is 9.53 Å². The van der Waals surface area contributed by atoms with Crippen molar-refractivity contribution in [2.24, 2.45) is 17.6 Å². The van der Waals surface area contributed by atoms with Crippen molar-refractivity contribution >= 4 is 5.91 Å². The van der Waals surface area contributed by atoms with E-state index in [9.17, 15) is 4.79 Å². The number of hydrogen-bond acceptors (Lipinski definition) is 3. The third-order valence-electron chi connectivity index (χ3n) is 3.77. The third-order valence-corrected chi connectivity index (χ3v) is 3.77. The Labute approximate surface area is 104 Å². The number of amides is 1. The van der Waals surface area contributed by atoms with Gasteiger partial charge < -0.3 is 15.4 Å². The number of likely N-dealkylation sites (tertiary alicyclic amines) is 1. The fourth-order valence-corrected chi connectivity index (χ4v) is 2.40. The van der Waals surface area contributed by atoms with Gasteiger partial charge in [0.25, 0.3) is 0 Å². The Morgan fingerprint density at radius 2 is 2.29 bits per heavy atom. The minimum Gasteiger partial charge on any atom is -0.379 e. The molecular weight excluding hydrogens is 216 g/mol. The summed E-state index contributed by atoms with van der Waals surface area (Å²) in [5.74, 6) is 0.889. The van der Waals surface area contributed by atoms with E-state index in [0.717, 1.165) is 32.4 Å². The lowest BCUT2D eigenvalue weighted by molar-refractivity contribution is -0.140. The molecule has 0 saturated carbocycles. The summed E-state index contributed by atoms with van der Waals surface area (Å²) in [7, 11) is 1.73. The standard InChI is InChI=1S/C13H26N2O2/c1-10-6-8-15(9-12(10)17-3)13(16)11(2)5-4-7-14/h10-12H,4-9,14H2,1-3H3. The summed E-state index contributed by atoms with van der Waals surface area (Å²) in [5.41, 5.74) is 5.47. The molecule has 0 aromatic rings. The number of carbonyl (C=O) groups excluding carboxylic acids is 1. The first-order valence-corrected chi connectivity index (χ1v) is 6.61. The number of hydrogen-bond donors (Lipinski definition) is 1. The number of nitrogens with two attached hydrogens (primary N) is 1. The zero-order chi connectivity index (χ0) is 12.8. The predicted octanol–water partition coefficient (Wildman–Crippen LogP) is 1.24. The first kappa shape index (κ1) is 14.5. The summed E-state index contributed by atoms with van der Waals surface area (Å²) in [4.78, 5) is 14.2. The van der Waals surface area contributed by atoms with Crippen LogP contribution in [0.3, 0.4) is 0 Å². The van der Waals surface area contributed by atoms with Crippen LogP contribution in [0.25, 0.3) is 0 Å². The number of carbonyl (C=O) groups is 1. The van der Waals surface area contributed by atoms with Gasteiger partial charge in [0.1, 0.15) is 0 Å². The van der Waals surface area contributed by atoms with E-state index in [1.807, 2.05) is 11.8 Å². The molecule has 0 bridgehead atoms. The Kier molecular flexibility index (Phi) is 5.92. The summed E-state index contributed by atoms with van der Waals surface area (Å²) >= 11 is 0. The van der Waals surface area contributed by atoms with Crippen LogP contribution in [0, 0.1) is 11.8 Å². The molecule has 17 heavy (non-hydrogen) atoms. The molecule has 1 rings (SSSR count). The van der Waals surface area contributed by atoms with Crippen LogP contribution in [0.5, 0.6) is 0 Å². The molecule has 100 valence electrons. The van der Waals surface area contributed by atoms with Crippen LogP contribution in [0.4, 0.5) is 0 Å². The highest BCUT2D eigenvalue weighted by molar-refractivity contribution is 5.78. The predicted molar refractivity (Wildman–Crippen MR) is 68.6 cm³/mol. The molecule has 2 N–H and O–H groups in total. The molecule has 0 spiro atoms. The quantitative estimate of drug-likeness (QED) is 0.789. The highest BCUT2D eigenvalue weighted by atomic mass is 16.5. The van der Waals surface area contributed by atoms with E-state index in [1.165, 1.54) is 0 Å². The van der Waals surface area contributed by atoms with Crippen LogP contribution in [0.2, 0.25) is 0 Å². The summed E-state index contributed by atoms with van der Waals surface area (Å²) in [5, 5.41) is 0. The number of nitrogens with zero attached hydrogens (tertiary/aromatic N) is 1. The minimum absolute atomic E-state index is 0.0875. The smallest absolute Gasteiger partial charge is 0.225 e. The summed E-state index contributed by atoms with van der Waals surface area (Å²) in [6.07, 6.45) is 3.03. The minimum atomic E-state index is 0.0875. The Bertz CT molecular complexity index is 246. The van der Waals surface area contributed by atoms with Crippen LogP contribution in [0.15, 0.2) is 0 Å². The maximum Gasteiger partial charge on any atom is 0.225 e. The monoisotopic (exact) mass is 242 g/mol. The van der Waals surface area contributed by atoms with E-state index in [-0.39, 0.29) is 17.9 Å². The van der Waals surface area contributed by atoms with Gasteiger partial charge >= 0.3 is 0 Å². The number of ether oxygens (including phenoxy) is 1. The van der Waals surface area contributed by atoms with Gasteiger partial charge in [0.05, 0.1) is 6.10 Å². The van der Waals surface area contributed by atoms with Crippen molar-refractivity contribution in [2.75, 3.05) is 26.7 Å². The van der Waals surface area contributed by atoms with E-state index in [1.54, 1.807) is 7.11 Å². The molecule has 0 radical (unpaired) electrons. The van der Waals surface area contributed by atoms with Gasteiger partial charge in [0.2, 0.25) is 5.91 Å². The normalized spacial score (nSPS) is 26.9. The highest BCUT2D eigenvalue weighted by Gasteiger charge is 2.30. The fraction of sp³-hybridized carbons (Fsp3) is 0.923. The second-order valence-electron chi connectivity index (χ2n) is 5.16. The summed E-state index contributed by atoms with van der Waals surface area (Å²) < 4.78 is 5.43. The number of rotatable bonds is 5. The molecule has 1 saturated heterocycles. The van der Waals surface area contributed by atoms with Crippen molar-refractivity contribution in [1.82, 2.24) is 4.90 Å². The van der Waals surface area contributed by atoms with Gasteiger partial charge in [0, 0.05) is 26.1 Å². The van der Waals surface area contributed by atoms with Gasteiger partial charge in [-0.25, -0.2) is 0 Å². The van der Waals surface area contributed by atoms with Crippen molar-refractivity contribution < 1.29 is 9.53 Å². The van der Waals surface area contributed by atoms with Crippen LogP contribution >= 0.6 is 0 Å². The van der Waals surface area contributed by atoms with Gasteiger partial charge in [0.15, 0.2) is 0 Å². The van der Waals surface area contributed by atoms with E-state index in [4.69, 9.17) is 10.5 Å². The second kappa shape index (κ2) is 6.97. The Morgan fingerprint density at radius 3 is 2.88 bits per heavy atom. The van der Waals surface area contributed by atoms with Gasteiger partial charge in [-0.05, 0) is 31.7 Å². The molecule has 1 fully saturated rings. The van der Waals surface area contributed by atoms with Crippen LogP contribution in [0.1, 0.15) is 33.1 Å². The van der Waals surface area contributed by atoms with Crippen molar-refractivity contribution in [3.05, 3.63) is 0 Å². The van der Waals surface area contributed by atoms with Gasteiger partial charge in [-0.3, -0.25) is 4.79 Å². The van der Waals surface area contributed by atoms with Crippen molar-refractivity contribution in [2.45, 2.75) is 39.2 Å². The molecule has 1 aliphatic rings. The summed E-state index contributed by atoms with van der Waals surface area (Å²) in [6, 6.07) is 0. The van der Waals surface area contributed by atoms with Crippen LogP contribution in [-0.4, -0.2) is 43.7 Å². The average molecular weight is 242 g/mol. The molecule has 1 aliphatic heterocycles. The van der Waals surface area contributed by atoms with Crippen molar-refractivity contribution in [1.29, 1.82) is 0 Å². The molecule has 0 aromatic heterocycles. The molecule has 4 heteroatoms. The average Bonchev–Trinajstić information content (AvgIpc) is 2.35. The molecular formula is C13H26N2O2. The zero-order valence-electron chi connectivity index (χ0n) is 11.3. The zero-order valence-corrected chi connectivity index (χ0v) is 11.3. The molecule has 3 atom stereocenters. The number of piperidine rings is 1. The van der Waals surface area contributed by atoms with E-state index >= 15 is 0 Å². The molecule has 4 nitrogen and oxygen atoms in total. The molecule has 3 unspecified atom stereocenters. The molecule has 1 heterocycles. The lowest BCUT2D eigenvalue weighted by atomic mass is 9.94. The van der Waals surface area contributed by atoms with Gasteiger partial charge in [-0.1, -0.05) is 13.8 Å². The van der Waals surface area contributed by atoms with E-state index in [0.29, 0.717) is 12.5 Å². The summed E-state index contributed by atoms with van der Waals surface area (Å²) in [6.45, 7) is 6.46. The maximum absolute atomic E-state index is 12.2. The lowest BCUT2D eigenvalue weighted by Crippen LogP contribution is -2.48. The van der Waals surface area contributed by atoms with Crippen molar-refractivity contribution in [3.8, 4) is 0 Å². The topological polar surface area (TPSA) is 55.6 Å². The first-order chi connectivity index (χ1) is 8.10. The molecule has 0 aliphatic carbocycles. The van der Waals surface area contributed by atoms with E-state index < -0.39 is 0 Å². The Balaban J connectivity index is 2.46. The Morgan fingerprint density at radius 1 is 1.59 bits per heavy atom. The van der Waals surface area contributed by atoms with Crippen molar-refractivity contribution in [3.63, 3.8) is 0 Å². The second-order valence-corrected chi connectivity index (χ2v) is 5.16. The van der Waals surface area contributed by atoms with Gasteiger partial charge in [-0.15, -0.1) is 0 Å². The molecule has 1 amide bonds. The molecule has 0 aromatic carbocycles. The fourth-order valence-electron chi connectivity index (χ4n) is 2.40. The first-order valence-electron chi connectivity index (χ1n) is 6.61. The maximum atomic E-state index is 12.2.